The molecule has 4 nitrogen and oxygen atoms in total. The maximum absolute atomic E-state index is 12.7. The lowest BCUT2D eigenvalue weighted by molar-refractivity contribution is -0.115. The van der Waals surface area contributed by atoms with Gasteiger partial charge >= 0.3 is 0 Å². The second-order valence-electron chi connectivity index (χ2n) is 4.64. The molecular formula is C16H17FN2O2. The maximum Gasteiger partial charge on any atom is 0.238 e. The summed E-state index contributed by atoms with van der Waals surface area (Å²) in [5.41, 5.74) is 2.40. The van der Waals surface area contributed by atoms with Crippen LogP contribution in [-0.2, 0) is 17.9 Å². The lowest BCUT2D eigenvalue weighted by atomic mass is 10.1. The molecule has 0 aliphatic heterocycles. The molecule has 2 aromatic rings. The monoisotopic (exact) mass is 288 g/mol. The van der Waals surface area contributed by atoms with Crippen molar-refractivity contribution in [2.75, 3.05) is 11.9 Å². The van der Waals surface area contributed by atoms with E-state index < -0.39 is 0 Å². The molecule has 0 bridgehead atoms. The van der Waals surface area contributed by atoms with Gasteiger partial charge < -0.3 is 15.7 Å². The number of halogens is 1. The van der Waals surface area contributed by atoms with Gasteiger partial charge in [0.25, 0.3) is 0 Å². The van der Waals surface area contributed by atoms with E-state index in [4.69, 9.17) is 5.11 Å². The minimum absolute atomic E-state index is 0.00110. The molecular weight excluding hydrogens is 271 g/mol. The van der Waals surface area contributed by atoms with Gasteiger partial charge in [-0.25, -0.2) is 4.39 Å². The third-order valence-electron chi connectivity index (χ3n) is 2.92. The predicted molar refractivity (Wildman–Crippen MR) is 79.1 cm³/mol. The standard InChI is InChI=1S/C16H17FN2O2/c17-14-4-6-15(7-5-14)19-16(21)10-18-9-12-2-1-3-13(8-12)11-20/h1-8,18,20H,9-11H2,(H,19,21). The number of carbonyl (C=O) groups is 1. The van der Waals surface area contributed by atoms with Crippen molar-refractivity contribution in [3.63, 3.8) is 0 Å². The van der Waals surface area contributed by atoms with Crippen molar-refractivity contribution in [2.24, 2.45) is 0 Å². The molecule has 0 aromatic heterocycles. The third kappa shape index (κ3) is 4.98. The maximum atomic E-state index is 12.7. The number of amides is 1. The minimum Gasteiger partial charge on any atom is -0.392 e. The van der Waals surface area contributed by atoms with E-state index in [0.717, 1.165) is 11.1 Å². The fourth-order valence-corrected chi connectivity index (χ4v) is 1.90. The van der Waals surface area contributed by atoms with E-state index in [9.17, 15) is 9.18 Å². The summed E-state index contributed by atoms with van der Waals surface area (Å²) in [5, 5.41) is 14.7. The Balaban J connectivity index is 1.77. The number of rotatable bonds is 6. The Hall–Kier alpha value is -2.24. The summed E-state index contributed by atoms with van der Waals surface area (Å²) in [6.07, 6.45) is 0. The first-order valence-electron chi connectivity index (χ1n) is 6.62. The van der Waals surface area contributed by atoms with Crippen molar-refractivity contribution in [3.8, 4) is 0 Å². The molecule has 2 aromatic carbocycles. The van der Waals surface area contributed by atoms with Crippen LogP contribution in [-0.4, -0.2) is 17.6 Å². The summed E-state index contributed by atoms with van der Waals surface area (Å²) >= 11 is 0. The highest BCUT2D eigenvalue weighted by Crippen LogP contribution is 2.08. The van der Waals surface area contributed by atoms with Crippen LogP contribution in [0.3, 0.4) is 0 Å². The molecule has 5 heteroatoms. The highest BCUT2D eigenvalue weighted by molar-refractivity contribution is 5.92. The Bertz CT molecular complexity index is 599. The van der Waals surface area contributed by atoms with Gasteiger partial charge in [-0.15, -0.1) is 0 Å². The first-order valence-corrected chi connectivity index (χ1v) is 6.62. The molecule has 0 radical (unpaired) electrons. The van der Waals surface area contributed by atoms with E-state index in [2.05, 4.69) is 10.6 Å². The lowest BCUT2D eigenvalue weighted by Gasteiger charge is -2.07. The second-order valence-corrected chi connectivity index (χ2v) is 4.64. The van der Waals surface area contributed by atoms with Gasteiger partial charge in [0.2, 0.25) is 5.91 Å². The summed E-state index contributed by atoms with van der Waals surface area (Å²) in [5.74, 6) is -0.533. The number of aliphatic hydroxyl groups is 1. The Labute approximate surface area is 122 Å². The molecule has 110 valence electrons. The van der Waals surface area contributed by atoms with Crippen LogP contribution in [0.2, 0.25) is 0 Å². The molecule has 0 unspecified atom stereocenters. The molecule has 0 saturated carbocycles. The van der Waals surface area contributed by atoms with E-state index >= 15 is 0 Å². The Kier molecular flexibility index (Phi) is 5.43. The predicted octanol–water partition coefficient (Wildman–Crippen LogP) is 2.05. The molecule has 0 aliphatic rings. The molecule has 21 heavy (non-hydrogen) atoms. The van der Waals surface area contributed by atoms with Crippen LogP contribution in [0.1, 0.15) is 11.1 Å². The number of aliphatic hydroxyl groups excluding tert-OH is 1. The van der Waals surface area contributed by atoms with Crippen LogP contribution >= 0.6 is 0 Å². The van der Waals surface area contributed by atoms with Gasteiger partial charge in [-0.1, -0.05) is 24.3 Å². The summed E-state index contributed by atoms with van der Waals surface area (Å²) in [6, 6.07) is 13.1. The Morgan fingerprint density at radius 2 is 1.81 bits per heavy atom. The molecule has 0 spiro atoms. The van der Waals surface area contributed by atoms with E-state index in [1.807, 2.05) is 24.3 Å². The molecule has 0 heterocycles. The van der Waals surface area contributed by atoms with Gasteiger partial charge in [-0.3, -0.25) is 4.79 Å². The number of hydrogen-bond acceptors (Lipinski definition) is 3. The number of carbonyl (C=O) groups excluding carboxylic acids is 1. The Morgan fingerprint density at radius 1 is 1.10 bits per heavy atom. The number of hydrogen-bond donors (Lipinski definition) is 3. The van der Waals surface area contributed by atoms with Gasteiger partial charge in [-0.2, -0.15) is 0 Å². The second kappa shape index (κ2) is 7.52. The van der Waals surface area contributed by atoms with Gasteiger partial charge in [0.15, 0.2) is 0 Å². The van der Waals surface area contributed by atoms with Gasteiger partial charge in [0.05, 0.1) is 13.2 Å². The van der Waals surface area contributed by atoms with Crippen molar-refractivity contribution in [3.05, 3.63) is 65.5 Å². The van der Waals surface area contributed by atoms with Crippen molar-refractivity contribution in [1.82, 2.24) is 5.32 Å². The van der Waals surface area contributed by atoms with Gasteiger partial charge in [-0.05, 0) is 35.4 Å². The van der Waals surface area contributed by atoms with Crippen LogP contribution < -0.4 is 10.6 Å². The molecule has 0 fully saturated rings. The van der Waals surface area contributed by atoms with Gasteiger partial charge in [0, 0.05) is 12.2 Å². The normalized spacial score (nSPS) is 10.4. The SMILES string of the molecule is O=C(CNCc1cccc(CO)c1)Nc1ccc(F)cc1. The summed E-state index contributed by atoms with van der Waals surface area (Å²) < 4.78 is 12.7. The average molecular weight is 288 g/mol. The zero-order valence-corrected chi connectivity index (χ0v) is 11.5. The zero-order chi connectivity index (χ0) is 15.1. The fourth-order valence-electron chi connectivity index (χ4n) is 1.90. The highest BCUT2D eigenvalue weighted by atomic mass is 19.1. The van der Waals surface area contributed by atoms with Crippen molar-refractivity contribution in [1.29, 1.82) is 0 Å². The van der Waals surface area contributed by atoms with E-state index in [1.165, 1.54) is 24.3 Å². The van der Waals surface area contributed by atoms with Crippen molar-refractivity contribution < 1.29 is 14.3 Å². The highest BCUT2D eigenvalue weighted by Gasteiger charge is 2.02. The molecule has 3 N–H and O–H groups in total. The van der Waals surface area contributed by atoms with Crippen LogP contribution in [0.5, 0.6) is 0 Å². The topological polar surface area (TPSA) is 61.4 Å². The van der Waals surface area contributed by atoms with E-state index in [-0.39, 0.29) is 24.9 Å². The number of nitrogens with one attached hydrogen (secondary N) is 2. The molecule has 2 rings (SSSR count). The van der Waals surface area contributed by atoms with Crippen molar-refractivity contribution >= 4 is 11.6 Å². The van der Waals surface area contributed by atoms with Crippen LogP contribution in [0, 0.1) is 5.82 Å². The largest absolute Gasteiger partial charge is 0.392 e. The number of anilines is 1. The first kappa shape index (κ1) is 15.2. The quantitative estimate of drug-likeness (QED) is 0.762. The fraction of sp³-hybridized carbons (Fsp3) is 0.188. The third-order valence-corrected chi connectivity index (χ3v) is 2.92. The van der Waals surface area contributed by atoms with Crippen LogP contribution in [0.25, 0.3) is 0 Å². The zero-order valence-electron chi connectivity index (χ0n) is 11.5. The van der Waals surface area contributed by atoms with E-state index in [1.54, 1.807) is 0 Å². The lowest BCUT2D eigenvalue weighted by Crippen LogP contribution is -2.27. The van der Waals surface area contributed by atoms with E-state index in [0.29, 0.717) is 12.2 Å². The van der Waals surface area contributed by atoms with Crippen LogP contribution in [0.4, 0.5) is 10.1 Å². The Morgan fingerprint density at radius 3 is 2.52 bits per heavy atom. The molecule has 0 atom stereocenters. The van der Waals surface area contributed by atoms with Crippen molar-refractivity contribution in [2.45, 2.75) is 13.2 Å². The molecule has 0 saturated heterocycles. The summed E-state index contributed by atoms with van der Waals surface area (Å²) in [4.78, 5) is 11.7. The van der Waals surface area contributed by atoms with Gasteiger partial charge in [0.1, 0.15) is 5.82 Å². The smallest absolute Gasteiger partial charge is 0.238 e. The summed E-state index contributed by atoms with van der Waals surface area (Å²) in [7, 11) is 0. The van der Waals surface area contributed by atoms with Crippen LogP contribution in [0.15, 0.2) is 48.5 Å². The first-order chi connectivity index (χ1) is 10.2. The average Bonchev–Trinajstić information content (AvgIpc) is 2.50. The molecule has 1 amide bonds. The minimum atomic E-state index is -0.338. The number of benzene rings is 2. The molecule has 0 aliphatic carbocycles. The summed E-state index contributed by atoms with van der Waals surface area (Å²) in [6.45, 7) is 0.685.